The summed E-state index contributed by atoms with van der Waals surface area (Å²) in [5, 5.41) is 6.03. The van der Waals surface area contributed by atoms with Crippen molar-refractivity contribution in [2.75, 3.05) is 6.61 Å². The van der Waals surface area contributed by atoms with Crippen LogP contribution in [0.3, 0.4) is 0 Å². The van der Waals surface area contributed by atoms with E-state index in [4.69, 9.17) is 21.1 Å². The van der Waals surface area contributed by atoms with Crippen LogP contribution in [0.25, 0.3) is 0 Å². The molecule has 1 saturated carbocycles. The first-order valence-electron chi connectivity index (χ1n) is 11.3. The van der Waals surface area contributed by atoms with Gasteiger partial charge in [-0.15, -0.1) is 0 Å². The van der Waals surface area contributed by atoms with E-state index in [2.05, 4.69) is 17.3 Å². The van der Waals surface area contributed by atoms with Crippen molar-refractivity contribution in [1.82, 2.24) is 5.01 Å². The smallest absolute Gasteiger partial charge is 0.254 e. The van der Waals surface area contributed by atoms with Crippen LogP contribution < -0.4 is 9.47 Å². The molecule has 2 aromatic carbocycles. The molecule has 0 radical (unpaired) electrons. The molecule has 1 aliphatic heterocycles. The molecule has 3 aliphatic carbocycles. The molecular weight excluding hydrogens is 440 g/mol. The maximum Gasteiger partial charge on any atom is 0.254 e. The highest BCUT2D eigenvalue weighted by Crippen LogP contribution is 2.49. The molecule has 0 N–H and O–H groups in total. The Morgan fingerprint density at radius 3 is 2.24 bits per heavy atom. The number of amides is 2. The van der Waals surface area contributed by atoms with Gasteiger partial charge in [-0.3, -0.25) is 9.59 Å². The molecule has 4 atom stereocenters. The zero-order chi connectivity index (χ0) is 22.9. The maximum absolute atomic E-state index is 12.9. The van der Waals surface area contributed by atoms with Gasteiger partial charge < -0.3 is 9.47 Å². The Labute approximate surface area is 197 Å². The van der Waals surface area contributed by atoms with E-state index in [1.807, 2.05) is 37.3 Å². The molecule has 2 fully saturated rings. The third kappa shape index (κ3) is 4.15. The molecule has 1 saturated heterocycles. The molecule has 1 heterocycles. The minimum atomic E-state index is -0.263. The molecule has 4 aliphatic rings. The Balaban J connectivity index is 1.31. The zero-order valence-corrected chi connectivity index (χ0v) is 19.1. The number of halogens is 1. The lowest BCUT2D eigenvalue weighted by Gasteiger charge is -2.37. The second-order valence-electron chi connectivity index (χ2n) is 8.63. The highest BCUT2D eigenvalue weighted by atomic mass is 35.5. The Bertz CT molecular complexity index is 1100. The fourth-order valence-corrected chi connectivity index (χ4v) is 5.16. The van der Waals surface area contributed by atoms with Crippen LogP contribution in [0.5, 0.6) is 11.5 Å². The van der Waals surface area contributed by atoms with Crippen molar-refractivity contribution in [3.63, 3.8) is 0 Å². The van der Waals surface area contributed by atoms with E-state index >= 15 is 0 Å². The molecule has 2 aromatic rings. The van der Waals surface area contributed by atoms with Crippen LogP contribution in [-0.2, 0) is 16.2 Å². The quantitative estimate of drug-likeness (QED) is 0.334. The van der Waals surface area contributed by atoms with E-state index in [0.717, 1.165) is 23.4 Å². The lowest BCUT2D eigenvalue weighted by Crippen LogP contribution is -2.38. The summed E-state index contributed by atoms with van der Waals surface area (Å²) in [7, 11) is 0. The van der Waals surface area contributed by atoms with Crippen LogP contribution in [0, 0.1) is 23.7 Å². The molecular formula is C26H25ClN2O4. The number of carbonyl (C=O) groups excluding carboxylic acids is 2. The number of nitrogens with zero attached hydrogens (tertiary/aromatic N) is 2. The van der Waals surface area contributed by atoms with Crippen molar-refractivity contribution in [1.29, 1.82) is 0 Å². The van der Waals surface area contributed by atoms with Gasteiger partial charge in [-0.2, -0.15) is 10.1 Å². The fraction of sp³-hybridized carbons (Fsp3) is 0.346. The highest BCUT2D eigenvalue weighted by molar-refractivity contribution is 6.30. The predicted octanol–water partition coefficient (Wildman–Crippen LogP) is 4.85. The molecule has 2 amide bonds. The standard InChI is InChI=1S/C26H25ClN2O4/c1-2-32-22-13-17(5-12-21(22)33-15-16-3-10-20(27)11-4-16)14-28-29-25(30)23-18-6-7-19(9-8-18)24(23)26(29)31/h3-7,10-14,18-19,23-24H,2,8-9,15H2,1H3/b28-14-/t18-,19-,23+,24+/m0/s1. The number of benzene rings is 2. The van der Waals surface area contributed by atoms with Crippen LogP contribution in [0.1, 0.15) is 30.9 Å². The van der Waals surface area contributed by atoms with E-state index < -0.39 is 0 Å². The second-order valence-corrected chi connectivity index (χ2v) is 9.07. The zero-order valence-electron chi connectivity index (χ0n) is 18.3. The molecule has 6 nitrogen and oxygen atoms in total. The van der Waals surface area contributed by atoms with E-state index in [1.54, 1.807) is 12.1 Å². The minimum Gasteiger partial charge on any atom is -0.490 e. The van der Waals surface area contributed by atoms with Gasteiger partial charge in [0.25, 0.3) is 11.8 Å². The average molecular weight is 465 g/mol. The van der Waals surface area contributed by atoms with Crippen LogP contribution in [-0.4, -0.2) is 29.6 Å². The van der Waals surface area contributed by atoms with Gasteiger partial charge in [0, 0.05) is 5.02 Å². The van der Waals surface area contributed by atoms with E-state index in [1.165, 1.54) is 6.21 Å². The van der Waals surface area contributed by atoms with Gasteiger partial charge in [-0.05, 0) is 73.1 Å². The van der Waals surface area contributed by atoms with Crippen LogP contribution in [0.2, 0.25) is 5.02 Å². The number of hydrogen-bond acceptors (Lipinski definition) is 5. The van der Waals surface area contributed by atoms with Crippen molar-refractivity contribution in [2.45, 2.75) is 26.4 Å². The summed E-state index contributed by atoms with van der Waals surface area (Å²) < 4.78 is 11.7. The van der Waals surface area contributed by atoms with E-state index in [9.17, 15) is 9.59 Å². The highest BCUT2D eigenvalue weighted by Gasteiger charge is 2.56. The maximum atomic E-state index is 12.9. The van der Waals surface area contributed by atoms with Crippen LogP contribution in [0.4, 0.5) is 0 Å². The molecule has 0 spiro atoms. The summed E-state index contributed by atoms with van der Waals surface area (Å²) in [5.74, 6) is 0.580. The number of fused-ring (bicyclic) bond motifs is 1. The number of ether oxygens (including phenoxy) is 2. The van der Waals surface area contributed by atoms with Gasteiger partial charge in [0.05, 0.1) is 24.7 Å². The summed E-state index contributed by atoms with van der Waals surface area (Å²) in [6.07, 6.45) is 7.67. The fourth-order valence-electron chi connectivity index (χ4n) is 5.03. The summed E-state index contributed by atoms with van der Waals surface area (Å²) in [4.78, 5) is 25.9. The molecule has 6 rings (SSSR count). The third-order valence-corrected chi connectivity index (χ3v) is 6.89. The number of rotatable bonds is 7. The van der Waals surface area contributed by atoms with E-state index in [-0.39, 0.29) is 35.5 Å². The molecule has 7 heteroatoms. The molecule has 33 heavy (non-hydrogen) atoms. The van der Waals surface area contributed by atoms with Crippen molar-refractivity contribution in [3.8, 4) is 11.5 Å². The molecule has 0 aromatic heterocycles. The first kappa shape index (κ1) is 21.7. The van der Waals surface area contributed by atoms with Crippen molar-refractivity contribution < 1.29 is 19.1 Å². The van der Waals surface area contributed by atoms with Gasteiger partial charge in [-0.25, -0.2) is 0 Å². The summed E-state index contributed by atoms with van der Waals surface area (Å²) in [6.45, 7) is 2.75. The SMILES string of the molecule is CCOc1cc(/C=N\N2C(=O)[C@H]3[C@H](C2=O)[C@H]2C=C[C@H]3CC2)ccc1OCc1ccc(Cl)cc1. The number of imide groups is 1. The van der Waals surface area contributed by atoms with Crippen LogP contribution >= 0.6 is 11.6 Å². The number of hydrazone groups is 1. The number of hydrogen-bond donors (Lipinski definition) is 0. The topological polar surface area (TPSA) is 68.2 Å². The molecule has 0 unspecified atom stereocenters. The monoisotopic (exact) mass is 464 g/mol. The predicted molar refractivity (Wildman–Crippen MR) is 125 cm³/mol. The Kier molecular flexibility index (Phi) is 5.94. The second kappa shape index (κ2) is 9.02. The van der Waals surface area contributed by atoms with Crippen LogP contribution in [0.15, 0.2) is 59.7 Å². The van der Waals surface area contributed by atoms with Gasteiger partial charge in [0.1, 0.15) is 6.61 Å². The van der Waals surface area contributed by atoms with Gasteiger partial charge >= 0.3 is 0 Å². The lowest BCUT2D eigenvalue weighted by atomic mass is 9.63. The Hall–Kier alpha value is -3.12. The van der Waals surface area contributed by atoms with Gasteiger partial charge in [0.15, 0.2) is 11.5 Å². The Morgan fingerprint density at radius 2 is 1.64 bits per heavy atom. The first-order valence-corrected chi connectivity index (χ1v) is 11.7. The lowest BCUT2D eigenvalue weighted by molar-refractivity contribution is -0.140. The van der Waals surface area contributed by atoms with Gasteiger partial charge in [-0.1, -0.05) is 35.9 Å². The summed E-state index contributed by atoms with van der Waals surface area (Å²) >= 11 is 5.94. The third-order valence-electron chi connectivity index (χ3n) is 6.63. The Morgan fingerprint density at radius 1 is 0.970 bits per heavy atom. The summed E-state index contributed by atoms with van der Waals surface area (Å²) in [5.41, 5.74) is 1.71. The summed E-state index contributed by atoms with van der Waals surface area (Å²) in [6, 6.07) is 12.9. The number of allylic oxidation sites excluding steroid dienone is 2. The normalized spacial score (nSPS) is 25.7. The van der Waals surface area contributed by atoms with Gasteiger partial charge in [0.2, 0.25) is 0 Å². The largest absolute Gasteiger partial charge is 0.490 e. The minimum absolute atomic E-state index is 0.151. The van der Waals surface area contributed by atoms with E-state index in [0.29, 0.717) is 35.3 Å². The van der Waals surface area contributed by atoms with Crippen molar-refractivity contribution in [3.05, 3.63) is 70.8 Å². The molecule has 170 valence electrons. The van der Waals surface area contributed by atoms with Crippen molar-refractivity contribution in [2.24, 2.45) is 28.8 Å². The average Bonchev–Trinajstić information content (AvgIpc) is 3.11. The first-order chi connectivity index (χ1) is 16.0. The molecule has 2 bridgehead atoms. The van der Waals surface area contributed by atoms with Crippen molar-refractivity contribution >= 4 is 29.6 Å². The number of carbonyl (C=O) groups is 2.